The predicted molar refractivity (Wildman–Crippen MR) is 103 cm³/mol. The van der Waals surface area contributed by atoms with Crippen LogP contribution < -0.4 is 10.6 Å². The minimum atomic E-state index is 0.597. The summed E-state index contributed by atoms with van der Waals surface area (Å²) in [6, 6.07) is 0. The number of hydrogen-bond donors (Lipinski definition) is 2. The number of aliphatic imine (C=N–C) groups is 1. The summed E-state index contributed by atoms with van der Waals surface area (Å²) in [5.41, 5.74) is 0. The lowest BCUT2D eigenvalue weighted by Gasteiger charge is -2.34. The molecule has 6 nitrogen and oxygen atoms in total. The van der Waals surface area contributed by atoms with Gasteiger partial charge in [-0.3, -0.25) is 0 Å². The van der Waals surface area contributed by atoms with Crippen molar-refractivity contribution in [2.45, 2.75) is 27.3 Å². The molecule has 24 heavy (non-hydrogen) atoms. The van der Waals surface area contributed by atoms with Gasteiger partial charge in [0, 0.05) is 56.9 Å². The fraction of sp³-hybridized carbons (Fsp3) is 0.765. The number of thiazole rings is 1. The summed E-state index contributed by atoms with van der Waals surface area (Å²) < 4.78 is 0. The van der Waals surface area contributed by atoms with Crippen LogP contribution in [0.4, 0.5) is 0 Å². The molecule has 1 aromatic rings. The zero-order valence-electron chi connectivity index (χ0n) is 15.5. The SMILES string of the molecule is CCNC(=NCc1ncc(C)s1)NCC(C)CN1CCN(C)CC1. The maximum atomic E-state index is 4.65. The van der Waals surface area contributed by atoms with Gasteiger partial charge in [-0.1, -0.05) is 6.92 Å². The van der Waals surface area contributed by atoms with E-state index < -0.39 is 0 Å². The van der Waals surface area contributed by atoms with Gasteiger partial charge in [-0.15, -0.1) is 11.3 Å². The minimum absolute atomic E-state index is 0.597. The highest BCUT2D eigenvalue weighted by molar-refractivity contribution is 7.11. The summed E-state index contributed by atoms with van der Waals surface area (Å²) >= 11 is 1.71. The van der Waals surface area contributed by atoms with E-state index in [0.29, 0.717) is 12.5 Å². The molecule has 136 valence electrons. The number of aryl methyl sites for hydroxylation is 1. The summed E-state index contributed by atoms with van der Waals surface area (Å²) in [5, 5.41) is 7.86. The fourth-order valence-corrected chi connectivity index (χ4v) is 3.48. The van der Waals surface area contributed by atoms with Crippen molar-refractivity contribution in [3.8, 4) is 0 Å². The maximum Gasteiger partial charge on any atom is 0.191 e. The average Bonchev–Trinajstić information content (AvgIpc) is 2.98. The van der Waals surface area contributed by atoms with Crippen LogP contribution in [0.25, 0.3) is 0 Å². The van der Waals surface area contributed by atoms with E-state index in [2.05, 4.69) is 58.2 Å². The molecule has 1 aromatic heterocycles. The van der Waals surface area contributed by atoms with Crippen molar-refractivity contribution >= 4 is 17.3 Å². The third-order valence-corrected chi connectivity index (χ3v) is 5.07. The lowest BCUT2D eigenvalue weighted by molar-refractivity contribution is 0.139. The van der Waals surface area contributed by atoms with Crippen molar-refractivity contribution in [3.63, 3.8) is 0 Å². The molecule has 2 rings (SSSR count). The largest absolute Gasteiger partial charge is 0.357 e. The number of piperazine rings is 1. The monoisotopic (exact) mass is 352 g/mol. The molecule has 0 radical (unpaired) electrons. The number of likely N-dealkylation sites (N-methyl/N-ethyl adjacent to an activating group) is 1. The Bertz CT molecular complexity index is 507. The van der Waals surface area contributed by atoms with Crippen molar-refractivity contribution in [2.24, 2.45) is 10.9 Å². The quantitative estimate of drug-likeness (QED) is 0.574. The van der Waals surface area contributed by atoms with E-state index >= 15 is 0 Å². The van der Waals surface area contributed by atoms with E-state index in [4.69, 9.17) is 0 Å². The first-order chi connectivity index (χ1) is 11.6. The second-order valence-electron chi connectivity index (χ2n) is 6.65. The van der Waals surface area contributed by atoms with E-state index in [0.717, 1.165) is 30.6 Å². The van der Waals surface area contributed by atoms with Crippen molar-refractivity contribution in [3.05, 3.63) is 16.1 Å². The van der Waals surface area contributed by atoms with Crippen LogP contribution in [0.2, 0.25) is 0 Å². The van der Waals surface area contributed by atoms with E-state index in [-0.39, 0.29) is 0 Å². The van der Waals surface area contributed by atoms with Crippen molar-refractivity contribution < 1.29 is 0 Å². The van der Waals surface area contributed by atoms with E-state index in [1.165, 1.54) is 31.1 Å². The Morgan fingerprint density at radius 3 is 2.71 bits per heavy atom. The maximum absolute atomic E-state index is 4.65. The standard InChI is InChI=1S/C17H32N6S/c1-5-18-17(21-12-16-19-11-15(3)24-16)20-10-14(2)13-23-8-6-22(4)7-9-23/h11,14H,5-10,12-13H2,1-4H3,(H2,18,20,21). The lowest BCUT2D eigenvalue weighted by Crippen LogP contribution is -2.47. The van der Waals surface area contributed by atoms with Crippen molar-refractivity contribution in [1.82, 2.24) is 25.4 Å². The Balaban J connectivity index is 1.75. The zero-order chi connectivity index (χ0) is 17.4. The molecule has 7 heteroatoms. The molecule has 1 aliphatic rings. The van der Waals surface area contributed by atoms with Crippen LogP contribution in [0.1, 0.15) is 23.7 Å². The number of rotatable bonds is 7. The van der Waals surface area contributed by atoms with Crippen molar-refractivity contribution in [1.29, 1.82) is 0 Å². The van der Waals surface area contributed by atoms with Crippen LogP contribution >= 0.6 is 11.3 Å². The molecule has 1 atom stereocenters. The number of nitrogens with one attached hydrogen (secondary N) is 2. The smallest absolute Gasteiger partial charge is 0.191 e. The first kappa shape index (κ1) is 19.1. The molecule has 1 saturated heterocycles. The molecular weight excluding hydrogens is 320 g/mol. The Labute approximate surface area is 150 Å². The predicted octanol–water partition coefficient (Wildman–Crippen LogP) is 1.39. The van der Waals surface area contributed by atoms with Gasteiger partial charge in [0.1, 0.15) is 5.01 Å². The Morgan fingerprint density at radius 2 is 2.08 bits per heavy atom. The van der Waals surface area contributed by atoms with Gasteiger partial charge in [0.2, 0.25) is 0 Å². The van der Waals surface area contributed by atoms with Gasteiger partial charge in [0.15, 0.2) is 5.96 Å². The van der Waals surface area contributed by atoms with E-state index in [1.807, 2.05) is 6.20 Å². The van der Waals surface area contributed by atoms with Crippen LogP contribution in [0.5, 0.6) is 0 Å². The number of guanidine groups is 1. The molecule has 1 fully saturated rings. The molecule has 0 saturated carbocycles. The first-order valence-electron chi connectivity index (χ1n) is 8.91. The second-order valence-corrected chi connectivity index (χ2v) is 7.97. The van der Waals surface area contributed by atoms with Crippen LogP contribution in [-0.2, 0) is 6.54 Å². The summed E-state index contributed by atoms with van der Waals surface area (Å²) in [5.74, 6) is 1.48. The van der Waals surface area contributed by atoms with E-state index in [1.54, 1.807) is 11.3 Å². The molecule has 0 aliphatic carbocycles. The summed E-state index contributed by atoms with van der Waals surface area (Å²) in [7, 11) is 2.20. The van der Waals surface area contributed by atoms with Gasteiger partial charge in [0.25, 0.3) is 0 Å². The third kappa shape index (κ3) is 6.75. The van der Waals surface area contributed by atoms with Gasteiger partial charge in [0.05, 0.1) is 6.54 Å². The molecular formula is C17H32N6S. The topological polar surface area (TPSA) is 55.8 Å². The van der Waals surface area contributed by atoms with Crippen molar-refractivity contribution in [2.75, 3.05) is 52.9 Å². The van der Waals surface area contributed by atoms with Crippen LogP contribution in [0.15, 0.2) is 11.2 Å². The highest BCUT2D eigenvalue weighted by Crippen LogP contribution is 2.11. The number of nitrogens with zero attached hydrogens (tertiary/aromatic N) is 4. The lowest BCUT2D eigenvalue weighted by atomic mass is 10.1. The summed E-state index contributed by atoms with van der Waals surface area (Å²) in [6.45, 7) is 14.8. The third-order valence-electron chi connectivity index (χ3n) is 4.17. The van der Waals surface area contributed by atoms with E-state index in [9.17, 15) is 0 Å². The summed E-state index contributed by atoms with van der Waals surface area (Å²) in [6.07, 6.45) is 1.91. The number of aromatic nitrogens is 1. The Kier molecular flexibility index (Phi) is 7.94. The second kappa shape index (κ2) is 9.96. The molecule has 0 amide bonds. The highest BCUT2D eigenvalue weighted by atomic mass is 32.1. The van der Waals surface area contributed by atoms with Crippen LogP contribution in [0.3, 0.4) is 0 Å². The van der Waals surface area contributed by atoms with Crippen LogP contribution in [0, 0.1) is 12.8 Å². The van der Waals surface area contributed by atoms with Crippen LogP contribution in [-0.4, -0.2) is 73.6 Å². The van der Waals surface area contributed by atoms with Gasteiger partial charge in [-0.25, -0.2) is 9.98 Å². The highest BCUT2D eigenvalue weighted by Gasteiger charge is 2.16. The van der Waals surface area contributed by atoms with Gasteiger partial charge in [-0.2, -0.15) is 0 Å². The number of hydrogen-bond acceptors (Lipinski definition) is 5. The molecule has 0 aromatic carbocycles. The molecule has 2 heterocycles. The average molecular weight is 353 g/mol. The fourth-order valence-electron chi connectivity index (χ4n) is 2.77. The Morgan fingerprint density at radius 1 is 1.33 bits per heavy atom. The summed E-state index contributed by atoms with van der Waals surface area (Å²) in [4.78, 5) is 15.2. The van der Waals surface area contributed by atoms with Gasteiger partial charge >= 0.3 is 0 Å². The first-order valence-corrected chi connectivity index (χ1v) is 9.73. The molecule has 2 N–H and O–H groups in total. The normalized spacial score (nSPS) is 18.6. The molecule has 0 spiro atoms. The molecule has 1 unspecified atom stereocenters. The Hall–Kier alpha value is -1.18. The van der Waals surface area contributed by atoms with Gasteiger partial charge in [-0.05, 0) is 26.8 Å². The molecule has 1 aliphatic heterocycles. The van der Waals surface area contributed by atoms with Gasteiger partial charge < -0.3 is 20.4 Å². The molecule has 0 bridgehead atoms. The zero-order valence-corrected chi connectivity index (χ0v) is 16.3. The minimum Gasteiger partial charge on any atom is -0.357 e.